The molecule has 1 N–H and O–H groups in total. The van der Waals surface area contributed by atoms with Crippen LogP contribution in [0, 0.1) is 0 Å². The molecule has 2 aliphatic rings. The van der Waals surface area contributed by atoms with Gasteiger partial charge in [0.2, 0.25) is 21.8 Å². The number of carbonyl (C=O) groups excluding carboxylic acids is 2. The molecule has 3 aromatic carbocycles. The van der Waals surface area contributed by atoms with Gasteiger partial charge in [0.15, 0.2) is 0 Å². The van der Waals surface area contributed by atoms with Crippen LogP contribution in [-0.2, 0) is 32.6 Å². The van der Waals surface area contributed by atoms with Gasteiger partial charge >= 0.3 is 0 Å². The summed E-state index contributed by atoms with van der Waals surface area (Å²) < 4.78 is 27.4. The van der Waals surface area contributed by atoms with Gasteiger partial charge < -0.3 is 10.2 Å². The lowest BCUT2D eigenvalue weighted by Gasteiger charge is -2.32. The third kappa shape index (κ3) is 8.84. The number of carbonyl (C=O) groups is 2. The number of hydrogen-bond donors (Lipinski definition) is 1. The molecule has 1 saturated heterocycles. The summed E-state index contributed by atoms with van der Waals surface area (Å²) in [4.78, 5) is 29.8. The SMILES string of the molecule is O=C(NCCC1=CCCCC1)[C@H](c1ccccc1)N(Cc1ccc(Cl)cc1)C(=O)CCc1ccc(S(=O)(=O)N2CCCC2)cc1. The zero-order valence-corrected chi connectivity index (χ0v) is 27.2. The first kappa shape index (κ1) is 32.9. The fourth-order valence-electron chi connectivity index (χ4n) is 6.09. The van der Waals surface area contributed by atoms with Crippen molar-refractivity contribution in [3.05, 3.63) is 112 Å². The second kappa shape index (κ2) is 15.7. The molecule has 0 radical (unpaired) electrons. The van der Waals surface area contributed by atoms with Crippen molar-refractivity contribution in [3.63, 3.8) is 0 Å². The van der Waals surface area contributed by atoms with E-state index in [0.29, 0.717) is 31.1 Å². The lowest BCUT2D eigenvalue weighted by atomic mass is 9.97. The number of rotatable bonds is 13. The Morgan fingerprint density at radius 3 is 2.20 bits per heavy atom. The molecule has 0 saturated carbocycles. The van der Waals surface area contributed by atoms with Crippen LogP contribution < -0.4 is 5.32 Å². The van der Waals surface area contributed by atoms with E-state index in [1.807, 2.05) is 42.5 Å². The lowest BCUT2D eigenvalue weighted by Crippen LogP contribution is -2.43. The standard InChI is InChI=1S/C36H42ClN3O4S/c37-32-18-13-30(14-19-32)27-40(34(41)22-17-29-15-20-33(21-16-29)45(43,44)39-25-7-8-26-39)35(31-11-5-2-6-12-31)36(42)38-24-23-28-9-3-1-4-10-28/h2,5-6,9,11-16,18-21,35H,1,3-4,7-8,10,17,22-27H2,(H,38,42)/t35-/m0/s1. The van der Waals surface area contributed by atoms with Crippen molar-refractivity contribution in [2.75, 3.05) is 19.6 Å². The van der Waals surface area contributed by atoms with Gasteiger partial charge in [-0.25, -0.2) is 8.42 Å². The highest BCUT2D eigenvalue weighted by molar-refractivity contribution is 7.89. The van der Waals surface area contributed by atoms with Crippen LogP contribution in [0.2, 0.25) is 5.02 Å². The highest BCUT2D eigenvalue weighted by atomic mass is 35.5. The fourth-order valence-corrected chi connectivity index (χ4v) is 7.74. The van der Waals surface area contributed by atoms with Gasteiger partial charge in [-0.3, -0.25) is 9.59 Å². The van der Waals surface area contributed by atoms with Gasteiger partial charge in [-0.05, 0) is 92.3 Å². The smallest absolute Gasteiger partial charge is 0.247 e. The molecule has 2 amide bonds. The Balaban J connectivity index is 1.34. The van der Waals surface area contributed by atoms with Gasteiger partial charge in [0.1, 0.15) is 6.04 Å². The van der Waals surface area contributed by atoms with Crippen molar-refractivity contribution in [1.29, 1.82) is 0 Å². The molecule has 1 heterocycles. The summed E-state index contributed by atoms with van der Waals surface area (Å²) in [5, 5.41) is 3.72. The second-order valence-electron chi connectivity index (χ2n) is 11.9. The molecular formula is C36H42ClN3O4S. The third-order valence-corrected chi connectivity index (χ3v) is 10.8. The maximum atomic E-state index is 14.0. The predicted molar refractivity (Wildman–Crippen MR) is 178 cm³/mol. The molecule has 45 heavy (non-hydrogen) atoms. The molecule has 0 spiro atoms. The minimum Gasteiger partial charge on any atom is -0.354 e. The molecular weight excluding hydrogens is 606 g/mol. The number of halogens is 1. The summed E-state index contributed by atoms with van der Waals surface area (Å²) in [5.41, 5.74) is 3.85. The zero-order valence-electron chi connectivity index (χ0n) is 25.7. The lowest BCUT2D eigenvalue weighted by molar-refractivity contribution is -0.141. The Hall–Kier alpha value is -3.46. The van der Waals surface area contributed by atoms with E-state index in [2.05, 4.69) is 11.4 Å². The van der Waals surface area contributed by atoms with Crippen LogP contribution in [0.4, 0.5) is 0 Å². The largest absolute Gasteiger partial charge is 0.354 e. The van der Waals surface area contributed by atoms with Crippen LogP contribution in [0.5, 0.6) is 0 Å². The van der Waals surface area contributed by atoms with Crippen LogP contribution in [0.3, 0.4) is 0 Å². The maximum absolute atomic E-state index is 14.0. The molecule has 0 bridgehead atoms. The van der Waals surface area contributed by atoms with Crippen molar-refractivity contribution < 1.29 is 18.0 Å². The van der Waals surface area contributed by atoms with E-state index in [1.165, 1.54) is 22.7 Å². The molecule has 5 rings (SSSR count). The average molecular weight is 648 g/mol. The molecule has 0 unspecified atom stereocenters. The Morgan fingerprint density at radius 1 is 0.844 bits per heavy atom. The fraction of sp³-hybridized carbons (Fsp3) is 0.389. The average Bonchev–Trinajstić information content (AvgIpc) is 3.62. The van der Waals surface area contributed by atoms with Gasteiger partial charge in [0.25, 0.3) is 0 Å². The molecule has 1 aliphatic carbocycles. The van der Waals surface area contributed by atoms with Gasteiger partial charge in [-0.15, -0.1) is 0 Å². The number of nitrogens with zero attached hydrogens (tertiary/aromatic N) is 2. The first-order valence-electron chi connectivity index (χ1n) is 15.9. The quantitative estimate of drug-likeness (QED) is 0.206. The summed E-state index contributed by atoms with van der Waals surface area (Å²) in [6.07, 6.45) is 10.0. The predicted octanol–water partition coefficient (Wildman–Crippen LogP) is 6.83. The van der Waals surface area contributed by atoms with Crippen molar-refractivity contribution in [2.24, 2.45) is 0 Å². The van der Waals surface area contributed by atoms with E-state index in [0.717, 1.165) is 48.8 Å². The summed E-state index contributed by atoms with van der Waals surface area (Å²) in [5.74, 6) is -0.380. The monoisotopic (exact) mass is 647 g/mol. The highest BCUT2D eigenvalue weighted by Crippen LogP contribution is 2.27. The molecule has 9 heteroatoms. The number of allylic oxidation sites excluding steroid dienone is 1. The van der Waals surface area contributed by atoms with E-state index in [1.54, 1.807) is 41.3 Å². The topological polar surface area (TPSA) is 86.8 Å². The minimum absolute atomic E-state index is 0.162. The zero-order chi connectivity index (χ0) is 31.6. The van der Waals surface area contributed by atoms with E-state index in [4.69, 9.17) is 11.6 Å². The van der Waals surface area contributed by atoms with E-state index in [-0.39, 0.29) is 29.7 Å². The summed E-state index contributed by atoms with van der Waals surface area (Å²) in [6.45, 7) is 1.86. The van der Waals surface area contributed by atoms with Crippen LogP contribution in [-0.4, -0.2) is 49.1 Å². The molecule has 7 nitrogen and oxygen atoms in total. The van der Waals surface area contributed by atoms with Gasteiger partial charge in [-0.2, -0.15) is 4.31 Å². The maximum Gasteiger partial charge on any atom is 0.247 e. The van der Waals surface area contributed by atoms with E-state index >= 15 is 0 Å². The summed E-state index contributed by atoms with van der Waals surface area (Å²) >= 11 is 6.14. The van der Waals surface area contributed by atoms with Gasteiger partial charge in [-0.1, -0.05) is 77.8 Å². The first-order valence-corrected chi connectivity index (χ1v) is 17.8. The van der Waals surface area contributed by atoms with Gasteiger partial charge in [0, 0.05) is 37.6 Å². The summed E-state index contributed by atoms with van der Waals surface area (Å²) in [7, 11) is -3.50. The summed E-state index contributed by atoms with van der Waals surface area (Å²) in [6, 6.07) is 22.7. The van der Waals surface area contributed by atoms with Crippen LogP contribution in [0.25, 0.3) is 0 Å². The highest BCUT2D eigenvalue weighted by Gasteiger charge is 2.31. The van der Waals surface area contributed by atoms with E-state index in [9.17, 15) is 18.0 Å². The molecule has 1 aliphatic heterocycles. The Kier molecular flexibility index (Phi) is 11.5. The Bertz CT molecular complexity index is 1570. The molecule has 238 valence electrons. The number of sulfonamides is 1. The number of amides is 2. The molecule has 3 aromatic rings. The normalized spacial score (nSPS) is 16.2. The van der Waals surface area contributed by atoms with Crippen molar-refractivity contribution >= 4 is 33.4 Å². The number of nitrogens with one attached hydrogen (secondary N) is 1. The van der Waals surface area contributed by atoms with Crippen molar-refractivity contribution in [1.82, 2.24) is 14.5 Å². The number of hydrogen-bond acceptors (Lipinski definition) is 4. The van der Waals surface area contributed by atoms with Crippen molar-refractivity contribution in [3.8, 4) is 0 Å². The molecule has 1 atom stereocenters. The van der Waals surface area contributed by atoms with Crippen molar-refractivity contribution in [2.45, 2.75) is 75.3 Å². The van der Waals surface area contributed by atoms with E-state index < -0.39 is 16.1 Å². The van der Waals surface area contributed by atoms with Crippen LogP contribution in [0.1, 0.15) is 74.1 Å². The molecule has 1 fully saturated rings. The second-order valence-corrected chi connectivity index (χ2v) is 14.2. The Morgan fingerprint density at radius 2 is 1.53 bits per heavy atom. The number of benzene rings is 3. The molecule has 0 aromatic heterocycles. The van der Waals surface area contributed by atoms with Crippen LogP contribution >= 0.6 is 11.6 Å². The number of aryl methyl sites for hydroxylation is 1. The first-order chi connectivity index (χ1) is 21.8. The van der Waals surface area contributed by atoms with Gasteiger partial charge in [0.05, 0.1) is 4.90 Å². The third-order valence-electron chi connectivity index (χ3n) is 8.65. The Labute approximate surface area is 272 Å². The minimum atomic E-state index is -3.50. The van der Waals surface area contributed by atoms with Crippen LogP contribution in [0.15, 0.2) is 95.4 Å².